The molecule has 2 aromatic heterocycles. The summed E-state index contributed by atoms with van der Waals surface area (Å²) < 4.78 is 27.1. The summed E-state index contributed by atoms with van der Waals surface area (Å²) in [5, 5.41) is 4.18. The summed E-state index contributed by atoms with van der Waals surface area (Å²) >= 11 is 0. The van der Waals surface area contributed by atoms with Gasteiger partial charge in [0.15, 0.2) is 5.78 Å². The molecular formula is C19H25N4O3P. The SMILES string of the molecule is CCOP(=O)(OCC)C(Nc1ncccn1)c1cn(CC)c2ccccc12. The van der Waals surface area contributed by atoms with Crippen molar-refractivity contribution in [2.24, 2.45) is 0 Å². The van der Waals surface area contributed by atoms with Crippen molar-refractivity contribution >= 4 is 24.4 Å². The number of hydrogen-bond donors (Lipinski definition) is 1. The number of nitrogens with zero attached hydrogens (tertiary/aromatic N) is 3. The van der Waals surface area contributed by atoms with Crippen molar-refractivity contribution in [1.82, 2.24) is 14.5 Å². The molecule has 8 heteroatoms. The maximum absolute atomic E-state index is 13.7. The van der Waals surface area contributed by atoms with E-state index >= 15 is 0 Å². The normalized spacial score (nSPS) is 13.0. The second kappa shape index (κ2) is 8.65. The smallest absolute Gasteiger partial charge is 0.347 e. The molecule has 27 heavy (non-hydrogen) atoms. The third-order valence-corrected chi connectivity index (χ3v) is 6.50. The van der Waals surface area contributed by atoms with E-state index in [1.54, 1.807) is 32.3 Å². The maximum atomic E-state index is 13.7. The van der Waals surface area contributed by atoms with Gasteiger partial charge in [-0.3, -0.25) is 4.57 Å². The Morgan fingerprint density at radius 1 is 1.07 bits per heavy atom. The number of nitrogens with one attached hydrogen (secondary N) is 1. The first kappa shape index (κ1) is 19.5. The number of anilines is 1. The summed E-state index contributed by atoms with van der Waals surface area (Å²) in [6.45, 7) is 7.02. The standard InChI is InChI=1S/C19H25N4O3P/c1-4-23-14-16(15-10-7-8-11-17(15)23)18(22-19-20-12-9-13-21-19)27(24,25-5-2)26-6-3/h7-14,18H,4-6H2,1-3H3,(H,20,21,22). The monoisotopic (exact) mass is 388 g/mol. The summed E-state index contributed by atoms with van der Waals surface area (Å²) in [7, 11) is -3.52. The number of benzene rings is 1. The molecule has 0 aliphatic rings. The third kappa shape index (κ3) is 4.05. The lowest BCUT2D eigenvalue weighted by atomic mass is 10.2. The lowest BCUT2D eigenvalue weighted by molar-refractivity contribution is 0.214. The maximum Gasteiger partial charge on any atom is 0.357 e. The van der Waals surface area contributed by atoms with E-state index in [0.717, 1.165) is 23.0 Å². The van der Waals surface area contributed by atoms with E-state index in [1.165, 1.54) is 0 Å². The third-order valence-electron chi connectivity index (χ3n) is 4.22. The van der Waals surface area contributed by atoms with E-state index in [-0.39, 0.29) is 13.2 Å². The van der Waals surface area contributed by atoms with E-state index in [9.17, 15) is 4.57 Å². The van der Waals surface area contributed by atoms with Crippen LogP contribution in [0.3, 0.4) is 0 Å². The Morgan fingerprint density at radius 2 is 1.74 bits per heavy atom. The summed E-state index contributed by atoms with van der Waals surface area (Å²) in [6.07, 6.45) is 5.26. The van der Waals surface area contributed by atoms with Crippen molar-refractivity contribution in [1.29, 1.82) is 0 Å². The molecule has 0 fully saturated rings. The molecule has 7 nitrogen and oxygen atoms in total. The number of aryl methyl sites for hydroxylation is 1. The molecule has 3 rings (SSSR count). The second-order valence-electron chi connectivity index (χ2n) is 5.88. The fraction of sp³-hybridized carbons (Fsp3) is 0.368. The highest BCUT2D eigenvalue weighted by Gasteiger charge is 2.39. The minimum atomic E-state index is -3.52. The van der Waals surface area contributed by atoms with Crippen molar-refractivity contribution in [2.45, 2.75) is 33.1 Å². The first-order valence-electron chi connectivity index (χ1n) is 9.13. The van der Waals surface area contributed by atoms with Gasteiger partial charge in [0, 0.05) is 41.6 Å². The van der Waals surface area contributed by atoms with Gasteiger partial charge < -0.3 is 18.9 Å². The molecular weight excluding hydrogens is 363 g/mol. The zero-order chi connectivity index (χ0) is 19.3. The Hall–Kier alpha value is -2.21. The van der Waals surface area contributed by atoms with Crippen LogP contribution < -0.4 is 5.32 Å². The fourth-order valence-electron chi connectivity index (χ4n) is 3.12. The highest BCUT2D eigenvalue weighted by molar-refractivity contribution is 7.54. The van der Waals surface area contributed by atoms with Crippen LogP contribution in [0.1, 0.15) is 32.1 Å². The molecule has 1 aromatic carbocycles. The van der Waals surface area contributed by atoms with E-state index in [4.69, 9.17) is 9.05 Å². The molecule has 0 spiro atoms. The molecule has 2 heterocycles. The van der Waals surface area contributed by atoms with Gasteiger partial charge in [0.2, 0.25) is 5.95 Å². The number of para-hydroxylation sites is 1. The zero-order valence-electron chi connectivity index (χ0n) is 15.8. The predicted octanol–water partition coefficient (Wildman–Crippen LogP) is 4.83. The van der Waals surface area contributed by atoms with Gasteiger partial charge in [-0.15, -0.1) is 0 Å². The predicted molar refractivity (Wildman–Crippen MR) is 107 cm³/mol. The van der Waals surface area contributed by atoms with Gasteiger partial charge in [0.1, 0.15) is 0 Å². The van der Waals surface area contributed by atoms with Crippen molar-refractivity contribution in [3.63, 3.8) is 0 Å². The Labute approximate surface area is 159 Å². The van der Waals surface area contributed by atoms with E-state index in [0.29, 0.717) is 5.95 Å². The van der Waals surface area contributed by atoms with Crippen LogP contribution in [-0.4, -0.2) is 27.7 Å². The highest BCUT2D eigenvalue weighted by Crippen LogP contribution is 2.61. The Morgan fingerprint density at radius 3 is 2.37 bits per heavy atom. The average Bonchev–Trinajstić information content (AvgIpc) is 3.06. The van der Waals surface area contributed by atoms with Gasteiger partial charge in [-0.25, -0.2) is 9.97 Å². The largest absolute Gasteiger partial charge is 0.357 e. The summed E-state index contributed by atoms with van der Waals surface area (Å²) in [4.78, 5) is 8.45. The molecule has 0 aliphatic heterocycles. The van der Waals surface area contributed by atoms with Crippen LogP contribution >= 0.6 is 7.60 Å². The summed E-state index contributed by atoms with van der Waals surface area (Å²) in [5.41, 5.74) is 1.90. The van der Waals surface area contributed by atoms with Crippen molar-refractivity contribution in [3.8, 4) is 0 Å². The van der Waals surface area contributed by atoms with Crippen LogP contribution in [0.5, 0.6) is 0 Å². The minimum Gasteiger partial charge on any atom is -0.347 e. The first-order valence-corrected chi connectivity index (χ1v) is 10.7. The van der Waals surface area contributed by atoms with Crippen LogP contribution in [0.2, 0.25) is 0 Å². The Kier molecular flexibility index (Phi) is 6.26. The lowest BCUT2D eigenvalue weighted by Gasteiger charge is -2.27. The number of aromatic nitrogens is 3. The molecule has 1 atom stereocenters. The first-order chi connectivity index (χ1) is 13.1. The topological polar surface area (TPSA) is 78.3 Å². The molecule has 1 N–H and O–H groups in total. The van der Waals surface area contributed by atoms with Gasteiger partial charge in [0.05, 0.1) is 13.2 Å². The molecule has 144 valence electrons. The van der Waals surface area contributed by atoms with E-state index < -0.39 is 13.4 Å². The molecule has 1 unspecified atom stereocenters. The Balaban J connectivity index is 2.16. The summed E-state index contributed by atoms with van der Waals surface area (Å²) in [5.74, 6) is -0.354. The fourth-order valence-corrected chi connectivity index (χ4v) is 5.04. The second-order valence-corrected chi connectivity index (χ2v) is 7.99. The van der Waals surface area contributed by atoms with Gasteiger partial charge >= 0.3 is 7.60 Å². The molecule has 0 saturated carbocycles. The van der Waals surface area contributed by atoms with Crippen molar-refractivity contribution in [3.05, 3.63) is 54.5 Å². The number of hydrogen-bond acceptors (Lipinski definition) is 6. The zero-order valence-corrected chi connectivity index (χ0v) is 16.7. The van der Waals surface area contributed by atoms with Crippen LogP contribution in [0, 0.1) is 0 Å². The minimum absolute atomic E-state index is 0.275. The molecule has 0 amide bonds. The lowest BCUT2D eigenvalue weighted by Crippen LogP contribution is -2.16. The van der Waals surface area contributed by atoms with Crippen molar-refractivity contribution in [2.75, 3.05) is 18.5 Å². The molecule has 0 aliphatic carbocycles. The average molecular weight is 388 g/mol. The van der Waals surface area contributed by atoms with Crippen LogP contribution in [0.4, 0.5) is 5.95 Å². The molecule has 0 radical (unpaired) electrons. The van der Waals surface area contributed by atoms with Gasteiger partial charge in [0.25, 0.3) is 0 Å². The molecule has 0 saturated heterocycles. The van der Waals surface area contributed by atoms with Crippen LogP contribution in [0.15, 0.2) is 48.9 Å². The highest BCUT2D eigenvalue weighted by atomic mass is 31.2. The summed E-state index contributed by atoms with van der Waals surface area (Å²) in [6, 6.07) is 9.75. The quantitative estimate of drug-likeness (QED) is 0.529. The number of fused-ring (bicyclic) bond motifs is 1. The Bertz CT molecular complexity index is 919. The van der Waals surface area contributed by atoms with Gasteiger partial charge in [-0.1, -0.05) is 18.2 Å². The van der Waals surface area contributed by atoms with E-state index in [2.05, 4.69) is 26.8 Å². The number of rotatable bonds is 9. The molecule has 3 aromatic rings. The van der Waals surface area contributed by atoms with Gasteiger partial charge in [-0.05, 0) is 32.9 Å². The van der Waals surface area contributed by atoms with E-state index in [1.807, 2.05) is 30.5 Å². The van der Waals surface area contributed by atoms with Crippen LogP contribution in [-0.2, 0) is 20.2 Å². The van der Waals surface area contributed by atoms with Crippen molar-refractivity contribution < 1.29 is 13.6 Å². The molecule has 0 bridgehead atoms. The van der Waals surface area contributed by atoms with Crippen LogP contribution in [0.25, 0.3) is 10.9 Å². The van der Waals surface area contributed by atoms with Gasteiger partial charge in [-0.2, -0.15) is 0 Å².